The second-order valence-electron chi connectivity index (χ2n) is 4.98. The van der Waals surface area contributed by atoms with Gasteiger partial charge in [0.1, 0.15) is 12.1 Å². The molecule has 0 aliphatic carbocycles. The van der Waals surface area contributed by atoms with Crippen molar-refractivity contribution in [3.8, 4) is 5.69 Å². The van der Waals surface area contributed by atoms with E-state index in [0.29, 0.717) is 24.5 Å². The lowest BCUT2D eigenvalue weighted by Gasteiger charge is -2.09. The van der Waals surface area contributed by atoms with Crippen LogP contribution in [-0.2, 0) is 11.3 Å². The smallest absolute Gasteiger partial charge is 0.323 e. The molecule has 0 fully saturated rings. The molecule has 0 aliphatic heterocycles. The first-order valence-electron chi connectivity index (χ1n) is 7.28. The van der Waals surface area contributed by atoms with E-state index in [1.165, 1.54) is 35.4 Å². The van der Waals surface area contributed by atoms with Gasteiger partial charge in [-0.3, -0.25) is 4.68 Å². The van der Waals surface area contributed by atoms with E-state index in [2.05, 4.69) is 31.3 Å². The molecule has 3 aromatic rings. The molecule has 2 N–H and O–H groups in total. The lowest BCUT2D eigenvalue weighted by molar-refractivity contribution is 0.183. The van der Waals surface area contributed by atoms with Crippen LogP contribution in [-0.4, -0.2) is 49.7 Å². The minimum absolute atomic E-state index is 0.00252. The van der Waals surface area contributed by atoms with Gasteiger partial charge in [0.15, 0.2) is 0 Å². The zero-order valence-corrected chi connectivity index (χ0v) is 13.3. The predicted molar refractivity (Wildman–Crippen MR) is 85.9 cm³/mol. The number of carbonyl (C=O) groups excluding carboxylic acids is 1. The first kappa shape index (κ1) is 16.5. The summed E-state index contributed by atoms with van der Waals surface area (Å²) in [6.45, 7) is 1.06. The van der Waals surface area contributed by atoms with Gasteiger partial charge in [-0.25, -0.2) is 13.9 Å². The molecular formula is C14H15FN8O2. The second-order valence-corrected chi connectivity index (χ2v) is 4.98. The van der Waals surface area contributed by atoms with E-state index in [4.69, 9.17) is 4.74 Å². The predicted octanol–water partition coefficient (Wildman–Crippen LogP) is 1.29. The van der Waals surface area contributed by atoms with Crippen LogP contribution in [0, 0.1) is 5.82 Å². The van der Waals surface area contributed by atoms with Crippen LogP contribution in [0.3, 0.4) is 0 Å². The fourth-order valence-corrected chi connectivity index (χ4v) is 2.05. The van der Waals surface area contributed by atoms with Crippen LogP contribution >= 0.6 is 0 Å². The van der Waals surface area contributed by atoms with Gasteiger partial charge < -0.3 is 15.4 Å². The van der Waals surface area contributed by atoms with Gasteiger partial charge in [0.2, 0.25) is 0 Å². The second kappa shape index (κ2) is 7.49. The SMILES string of the molecule is COCCn1cc(NC(=O)Nc2cc(-n3cnnn3)ccc2F)cn1. The van der Waals surface area contributed by atoms with Crippen molar-refractivity contribution in [3.63, 3.8) is 0 Å². The van der Waals surface area contributed by atoms with Crippen LogP contribution in [0.4, 0.5) is 20.6 Å². The van der Waals surface area contributed by atoms with Crippen molar-refractivity contribution >= 4 is 17.4 Å². The number of rotatable bonds is 6. The van der Waals surface area contributed by atoms with Crippen molar-refractivity contribution in [1.29, 1.82) is 0 Å². The zero-order valence-electron chi connectivity index (χ0n) is 13.3. The third kappa shape index (κ3) is 4.14. The maximum absolute atomic E-state index is 13.9. The number of halogens is 1. The van der Waals surface area contributed by atoms with Crippen molar-refractivity contribution in [1.82, 2.24) is 30.0 Å². The Kier molecular flexibility index (Phi) is 4.95. The number of hydrogen-bond acceptors (Lipinski definition) is 6. The Morgan fingerprint density at radius 2 is 2.24 bits per heavy atom. The molecule has 10 nitrogen and oxygen atoms in total. The van der Waals surface area contributed by atoms with Gasteiger partial charge in [-0.2, -0.15) is 5.10 Å². The van der Waals surface area contributed by atoms with E-state index in [1.54, 1.807) is 18.0 Å². The lowest BCUT2D eigenvalue weighted by atomic mass is 10.2. The molecule has 2 heterocycles. The van der Waals surface area contributed by atoms with E-state index in [9.17, 15) is 9.18 Å². The van der Waals surface area contributed by atoms with Crippen LogP contribution in [0.25, 0.3) is 5.69 Å². The first-order valence-corrected chi connectivity index (χ1v) is 7.28. The number of nitrogens with one attached hydrogen (secondary N) is 2. The van der Waals surface area contributed by atoms with Gasteiger partial charge in [-0.15, -0.1) is 5.10 Å². The Labute approximate surface area is 141 Å². The van der Waals surface area contributed by atoms with Gasteiger partial charge >= 0.3 is 6.03 Å². The van der Waals surface area contributed by atoms with E-state index >= 15 is 0 Å². The topological polar surface area (TPSA) is 112 Å². The summed E-state index contributed by atoms with van der Waals surface area (Å²) in [6.07, 6.45) is 4.50. The molecule has 25 heavy (non-hydrogen) atoms. The molecule has 0 unspecified atom stereocenters. The summed E-state index contributed by atoms with van der Waals surface area (Å²) in [4.78, 5) is 12.1. The molecule has 1 aromatic carbocycles. The van der Waals surface area contributed by atoms with Crippen LogP contribution in [0.2, 0.25) is 0 Å². The summed E-state index contributed by atoms with van der Waals surface area (Å²) in [7, 11) is 1.59. The number of urea groups is 1. The molecule has 0 aliphatic rings. The number of anilines is 2. The maximum atomic E-state index is 13.9. The maximum Gasteiger partial charge on any atom is 0.323 e. The Balaban J connectivity index is 1.66. The fourth-order valence-electron chi connectivity index (χ4n) is 2.05. The largest absolute Gasteiger partial charge is 0.383 e. The van der Waals surface area contributed by atoms with Gasteiger partial charge in [-0.05, 0) is 28.6 Å². The summed E-state index contributed by atoms with van der Waals surface area (Å²) in [5.74, 6) is -0.581. The Morgan fingerprint density at radius 1 is 1.36 bits per heavy atom. The van der Waals surface area contributed by atoms with Crippen LogP contribution in [0.1, 0.15) is 0 Å². The van der Waals surface area contributed by atoms with Gasteiger partial charge in [0, 0.05) is 13.3 Å². The van der Waals surface area contributed by atoms with Crippen molar-refractivity contribution in [2.75, 3.05) is 24.4 Å². The Bertz CT molecular complexity index is 848. The molecule has 2 amide bonds. The number of aromatic nitrogens is 6. The van der Waals surface area contributed by atoms with E-state index in [0.717, 1.165) is 0 Å². The Hall–Kier alpha value is -3.34. The van der Waals surface area contributed by atoms with E-state index in [-0.39, 0.29) is 5.69 Å². The molecular weight excluding hydrogens is 331 g/mol. The van der Waals surface area contributed by atoms with Crippen LogP contribution < -0.4 is 10.6 Å². The Morgan fingerprint density at radius 3 is 3.00 bits per heavy atom. The number of hydrogen-bond donors (Lipinski definition) is 2. The van der Waals surface area contributed by atoms with Crippen molar-refractivity contribution < 1.29 is 13.9 Å². The number of tetrazole rings is 1. The third-order valence-electron chi connectivity index (χ3n) is 3.23. The molecule has 3 rings (SSSR count). The van der Waals surface area contributed by atoms with Gasteiger partial charge in [-0.1, -0.05) is 0 Å². The molecule has 0 radical (unpaired) electrons. The molecule has 0 saturated carbocycles. The van der Waals surface area contributed by atoms with E-state index < -0.39 is 11.8 Å². The standard InChI is InChI=1S/C14H15FN8O2/c1-25-5-4-22-8-10(7-17-22)18-14(24)19-13-6-11(2-3-12(13)15)23-9-16-20-21-23/h2-3,6-9H,4-5H2,1H3,(H2,18,19,24). The normalized spacial score (nSPS) is 10.6. The highest BCUT2D eigenvalue weighted by molar-refractivity contribution is 5.99. The molecule has 0 saturated heterocycles. The highest BCUT2D eigenvalue weighted by atomic mass is 19.1. The number of benzene rings is 1. The summed E-state index contributed by atoms with van der Waals surface area (Å²) < 4.78 is 21.8. The van der Waals surface area contributed by atoms with E-state index in [1.807, 2.05) is 0 Å². The molecule has 0 bridgehead atoms. The van der Waals surface area contributed by atoms with Crippen LogP contribution in [0.5, 0.6) is 0 Å². The number of methoxy groups -OCH3 is 1. The van der Waals surface area contributed by atoms with Crippen LogP contribution in [0.15, 0.2) is 36.9 Å². The molecule has 0 atom stereocenters. The first-order chi connectivity index (χ1) is 12.2. The lowest BCUT2D eigenvalue weighted by Crippen LogP contribution is -2.20. The molecule has 11 heteroatoms. The van der Waals surface area contributed by atoms with Crippen molar-refractivity contribution in [3.05, 3.63) is 42.7 Å². The molecule has 130 valence electrons. The third-order valence-corrected chi connectivity index (χ3v) is 3.23. The quantitative estimate of drug-likeness (QED) is 0.695. The van der Waals surface area contributed by atoms with Crippen molar-refractivity contribution in [2.45, 2.75) is 6.54 Å². The number of nitrogens with zero attached hydrogens (tertiary/aromatic N) is 6. The molecule has 2 aromatic heterocycles. The van der Waals surface area contributed by atoms with Gasteiger partial charge in [0.05, 0.1) is 36.4 Å². The number of amides is 2. The average Bonchev–Trinajstić information content (AvgIpc) is 3.27. The summed E-state index contributed by atoms with van der Waals surface area (Å²) in [5, 5.41) is 19.8. The van der Waals surface area contributed by atoms with Gasteiger partial charge in [0.25, 0.3) is 0 Å². The highest BCUT2D eigenvalue weighted by Crippen LogP contribution is 2.18. The number of carbonyl (C=O) groups is 1. The average molecular weight is 346 g/mol. The highest BCUT2D eigenvalue weighted by Gasteiger charge is 2.10. The monoisotopic (exact) mass is 346 g/mol. The fraction of sp³-hybridized carbons (Fsp3) is 0.214. The summed E-state index contributed by atoms with van der Waals surface area (Å²) in [5.41, 5.74) is 0.983. The summed E-state index contributed by atoms with van der Waals surface area (Å²) in [6, 6.07) is 3.54. The molecule has 0 spiro atoms. The minimum atomic E-state index is -0.598. The summed E-state index contributed by atoms with van der Waals surface area (Å²) >= 11 is 0. The minimum Gasteiger partial charge on any atom is -0.383 e. The van der Waals surface area contributed by atoms with Crippen molar-refractivity contribution in [2.24, 2.45) is 0 Å². The number of ether oxygens (including phenoxy) is 1. The zero-order chi connectivity index (χ0) is 17.6.